The summed E-state index contributed by atoms with van der Waals surface area (Å²) in [5, 5.41) is 2.69. The summed E-state index contributed by atoms with van der Waals surface area (Å²) < 4.78 is 23.4. The molecule has 0 radical (unpaired) electrons. The molecular formula is C14H22NO4P. The summed E-state index contributed by atoms with van der Waals surface area (Å²) in [4.78, 5) is 11.4. The van der Waals surface area contributed by atoms with Gasteiger partial charge in [0.15, 0.2) is 0 Å². The van der Waals surface area contributed by atoms with Crippen molar-refractivity contribution in [3.8, 4) is 0 Å². The lowest BCUT2D eigenvalue weighted by Crippen LogP contribution is -2.36. The SMILES string of the molecule is CCOP(=O)(OCC)[C@@H](Cc1ccccc1)NC(C)=O. The van der Waals surface area contributed by atoms with Crippen LogP contribution in [-0.4, -0.2) is 24.9 Å². The van der Waals surface area contributed by atoms with Crippen molar-refractivity contribution in [1.82, 2.24) is 5.32 Å². The molecule has 1 aromatic carbocycles. The van der Waals surface area contributed by atoms with Crippen molar-refractivity contribution >= 4 is 13.5 Å². The summed E-state index contributed by atoms with van der Waals surface area (Å²) in [6, 6.07) is 9.52. The number of carbonyl (C=O) groups excluding carboxylic acids is 1. The molecule has 20 heavy (non-hydrogen) atoms. The van der Waals surface area contributed by atoms with Crippen LogP contribution in [-0.2, 0) is 24.8 Å². The molecule has 1 atom stereocenters. The number of nitrogens with one attached hydrogen (secondary N) is 1. The van der Waals surface area contributed by atoms with Crippen LogP contribution in [0.4, 0.5) is 0 Å². The number of amides is 1. The summed E-state index contributed by atoms with van der Waals surface area (Å²) in [6.45, 7) is 5.42. The first kappa shape index (κ1) is 16.9. The van der Waals surface area contributed by atoms with E-state index in [9.17, 15) is 9.36 Å². The van der Waals surface area contributed by atoms with Gasteiger partial charge in [0.2, 0.25) is 5.91 Å². The largest absolute Gasteiger partial charge is 0.353 e. The highest BCUT2D eigenvalue weighted by atomic mass is 31.2. The molecule has 0 aromatic heterocycles. The van der Waals surface area contributed by atoms with Gasteiger partial charge in [0.1, 0.15) is 5.78 Å². The van der Waals surface area contributed by atoms with Crippen LogP contribution in [0.3, 0.4) is 0 Å². The molecule has 6 heteroatoms. The molecule has 0 aliphatic rings. The highest BCUT2D eigenvalue weighted by Crippen LogP contribution is 2.52. The first-order valence-corrected chi connectivity index (χ1v) is 8.32. The van der Waals surface area contributed by atoms with Crippen molar-refractivity contribution in [3.05, 3.63) is 35.9 Å². The third kappa shape index (κ3) is 5.08. The fourth-order valence-electron chi connectivity index (χ4n) is 1.89. The van der Waals surface area contributed by atoms with E-state index < -0.39 is 13.4 Å². The van der Waals surface area contributed by atoms with Gasteiger partial charge in [-0.3, -0.25) is 9.36 Å². The van der Waals surface area contributed by atoms with E-state index in [1.54, 1.807) is 13.8 Å². The molecule has 1 amide bonds. The Morgan fingerprint density at radius 2 is 1.75 bits per heavy atom. The van der Waals surface area contributed by atoms with Crippen LogP contribution in [0, 0.1) is 0 Å². The van der Waals surface area contributed by atoms with Crippen molar-refractivity contribution in [2.45, 2.75) is 33.0 Å². The van der Waals surface area contributed by atoms with Crippen LogP contribution in [0.1, 0.15) is 26.3 Å². The maximum Gasteiger partial charge on any atom is 0.353 e. The van der Waals surface area contributed by atoms with Crippen LogP contribution in [0.2, 0.25) is 0 Å². The van der Waals surface area contributed by atoms with Crippen molar-refractivity contribution in [2.24, 2.45) is 0 Å². The normalized spacial score (nSPS) is 12.9. The predicted octanol–water partition coefficient (Wildman–Crippen LogP) is 2.96. The van der Waals surface area contributed by atoms with Gasteiger partial charge >= 0.3 is 7.60 Å². The minimum Gasteiger partial charge on any atom is -0.342 e. The smallest absolute Gasteiger partial charge is 0.342 e. The molecule has 1 rings (SSSR count). The Morgan fingerprint density at radius 1 is 1.20 bits per heavy atom. The third-order valence-corrected chi connectivity index (χ3v) is 4.95. The second kappa shape index (κ2) is 8.20. The topological polar surface area (TPSA) is 64.6 Å². The van der Waals surface area contributed by atoms with Gasteiger partial charge < -0.3 is 14.4 Å². The zero-order valence-corrected chi connectivity index (χ0v) is 13.1. The van der Waals surface area contributed by atoms with Crippen molar-refractivity contribution in [2.75, 3.05) is 13.2 Å². The molecular weight excluding hydrogens is 277 g/mol. The van der Waals surface area contributed by atoms with Crippen LogP contribution in [0.15, 0.2) is 30.3 Å². The number of carbonyl (C=O) groups is 1. The number of hydrogen-bond acceptors (Lipinski definition) is 4. The lowest BCUT2D eigenvalue weighted by Gasteiger charge is -2.26. The Balaban J connectivity index is 2.97. The van der Waals surface area contributed by atoms with Crippen LogP contribution in [0.25, 0.3) is 0 Å². The lowest BCUT2D eigenvalue weighted by atomic mass is 10.1. The fourth-order valence-corrected chi connectivity index (χ4v) is 3.82. The van der Waals surface area contributed by atoms with Gasteiger partial charge in [-0.15, -0.1) is 0 Å². The number of hydrogen-bond donors (Lipinski definition) is 1. The predicted molar refractivity (Wildman–Crippen MR) is 78.6 cm³/mol. The van der Waals surface area contributed by atoms with Crippen LogP contribution in [0.5, 0.6) is 0 Å². The summed E-state index contributed by atoms with van der Waals surface area (Å²) in [5.41, 5.74) is 0.964. The van der Waals surface area contributed by atoms with E-state index in [0.717, 1.165) is 5.56 Å². The molecule has 1 aromatic rings. The molecule has 0 aliphatic heterocycles. The van der Waals surface area contributed by atoms with E-state index >= 15 is 0 Å². The molecule has 112 valence electrons. The molecule has 1 N–H and O–H groups in total. The van der Waals surface area contributed by atoms with Gasteiger partial charge in [-0.1, -0.05) is 30.3 Å². The lowest BCUT2D eigenvalue weighted by molar-refractivity contribution is -0.119. The molecule has 0 aliphatic carbocycles. The molecule has 0 heterocycles. The second-order valence-corrected chi connectivity index (χ2v) is 6.50. The Hall–Kier alpha value is -1.16. The molecule has 0 unspecified atom stereocenters. The van der Waals surface area contributed by atoms with E-state index in [-0.39, 0.29) is 19.1 Å². The number of rotatable bonds is 8. The summed E-state index contributed by atoms with van der Waals surface area (Å²) >= 11 is 0. The number of benzene rings is 1. The van der Waals surface area contributed by atoms with E-state index in [1.807, 2.05) is 30.3 Å². The van der Waals surface area contributed by atoms with Gasteiger partial charge in [0, 0.05) is 13.3 Å². The molecule has 0 bridgehead atoms. The van der Waals surface area contributed by atoms with E-state index in [2.05, 4.69) is 5.32 Å². The second-order valence-electron chi connectivity index (χ2n) is 4.28. The zero-order valence-electron chi connectivity index (χ0n) is 12.2. The average Bonchev–Trinajstić information content (AvgIpc) is 2.39. The van der Waals surface area contributed by atoms with E-state index in [0.29, 0.717) is 6.42 Å². The quantitative estimate of drug-likeness (QED) is 0.750. The zero-order chi connectivity index (χ0) is 15.0. The summed E-state index contributed by atoms with van der Waals surface area (Å²) in [7, 11) is -3.38. The Kier molecular flexibility index (Phi) is 6.93. The maximum absolute atomic E-state index is 12.8. The van der Waals surface area contributed by atoms with Gasteiger partial charge in [0.05, 0.1) is 13.2 Å². The summed E-state index contributed by atoms with van der Waals surface area (Å²) in [6.07, 6.45) is 0.400. The minimum absolute atomic E-state index is 0.259. The van der Waals surface area contributed by atoms with Gasteiger partial charge in [-0.25, -0.2) is 0 Å². The van der Waals surface area contributed by atoms with E-state index in [4.69, 9.17) is 9.05 Å². The highest BCUT2D eigenvalue weighted by molar-refractivity contribution is 7.54. The molecule has 0 saturated carbocycles. The minimum atomic E-state index is -3.38. The maximum atomic E-state index is 12.8. The Morgan fingerprint density at radius 3 is 2.20 bits per heavy atom. The fraction of sp³-hybridized carbons (Fsp3) is 0.500. The first-order chi connectivity index (χ1) is 9.51. The first-order valence-electron chi connectivity index (χ1n) is 6.71. The monoisotopic (exact) mass is 299 g/mol. The Labute approximate surface area is 120 Å². The standard InChI is InChI=1S/C14H22NO4P/c1-4-18-20(17,19-5-2)14(15-12(3)16)11-13-9-7-6-8-10-13/h6-10,14H,4-5,11H2,1-3H3,(H,15,16)/t14-/m0/s1. The summed E-state index contributed by atoms with van der Waals surface area (Å²) in [5.74, 6) is -0.937. The Bertz CT molecular complexity index is 454. The van der Waals surface area contributed by atoms with Crippen LogP contribution >= 0.6 is 7.60 Å². The molecule has 0 spiro atoms. The third-order valence-electron chi connectivity index (χ3n) is 2.64. The van der Waals surface area contributed by atoms with Crippen molar-refractivity contribution in [1.29, 1.82) is 0 Å². The van der Waals surface area contributed by atoms with Crippen molar-refractivity contribution < 1.29 is 18.4 Å². The molecule has 0 fully saturated rings. The van der Waals surface area contributed by atoms with Gasteiger partial charge in [0.25, 0.3) is 0 Å². The molecule has 0 saturated heterocycles. The van der Waals surface area contributed by atoms with Crippen LogP contribution < -0.4 is 5.32 Å². The molecule has 5 nitrogen and oxygen atoms in total. The van der Waals surface area contributed by atoms with Crippen molar-refractivity contribution in [3.63, 3.8) is 0 Å². The highest BCUT2D eigenvalue weighted by Gasteiger charge is 2.36. The van der Waals surface area contributed by atoms with E-state index in [1.165, 1.54) is 6.92 Å². The average molecular weight is 299 g/mol. The van der Waals surface area contributed by atoms with Gasteiger partial charge in [-0.2, -0.15) is 0 Å². The van der Waals surface area contributed by atoms with Gasteiger partial charge in [-0.05, 0) is 19.4 Å².